The number of carbonyl (C=O) groups is 1. The molecule has 0 spiro atoms. The Bertz CT molecular complexity index is 809. The highest BCUT2D eigenvalue weighted by Gasteiger charge is 2.16. The largest absolute Gasteiger partial charge is 0.508 e. The molecule has 0 aliphatic heterocycles. The summed E-state index contributed by atoms with van der Waals surface area (Å²) in [6.07, 6.45) is 1.59. The number of phenolic OH excluding ortho intramolecular Hbond substituents is 1. The van der Waals surface area contributed by atoms with Gasteiger partial charge in [0.15, 0.2) is 0 Å². The Labute approximate surface area is 146 Å². The number of urea groups is 1. The number of hydrogen-bond donors (Lipinski definition) is 2. The number of furan rings is 1. The zero-order valence-corrected chi connectivity index (χ0v) is 14.0. The summed E-state index contributed by atoms with van der Waals surface area (Å²) >= 11 is 0. The highest BCUT2D eigenvalue weighted by molar-refractivity contribution is 5.89. The van der Waals surface area contributed by atoms with E-state index in [9.17, 15) is 9.90 Å². The maximum atomic E-state index is 12.7. The number of amides is 2. The molecule has 3 aromatic rings. The molecule has 2 aromatic carbocycles. The first kappa shape index (κ1) is 16.6. The molecular weight excluding hydrogens is 316 g/mol. The van der Waals surface area contributed by atoms with Crippen molar-refractivity contribution in [1.82, 2.24) is 4.90 Å². The third kappa shape index (κ3) is 4.64. The van der Waals surface area contributed by atoms with Crippen LogP contribution >= 0.6 is 0 Å². The second-order valence-electron chi connectivity index (χ2n) is 5.90. The van der Waals surface area contributed by atoms with Crippen LogP contribution < -0.4 is 5.32 Å². The van der Waals surface area contributed by atoms with Gasteiger partial charge in [0.1, 0.15) is 11.5 Å². The predicted molar refractivity (Wildman–Crippen MR) is 96.3 cm³/mol. The number of nitrogens with one attached hydrogen (secondary N) is 1. The van der Waals surface area contributed by atoms with Crippen LogP contribution in [0.4, 0.5) is 10.5 Å². The lowest BCUT2D eigenvalue weighted by molar-refractivity contribution is 0.201. The van der Waals surface area contributed by atoms with Gasteiger partial charge < -0.3 is 19.7 Å². The highest BCUT2D eigenvalue weighted by Crippen LogP contribution is 2.16. The van der Waals surface area contributed by atoms with Crippen molar-refractivity contribution in [3.63, 3.8) is 0 Å². The third-order valence-corrected chi connectivity index (χ3v) is 3.83. The summed E-state index contributed by atoms with van der Waals surface area (Å²) in [4.78, 5) is 14.4. The fourth-order valence-corrected chi connectivity index (χ4v) is 2.45. The summed E-state index contributed by atoms with van der Waals surface area (Å²) in [6, 6.07) is 17.9. The second-order valence-corrected chi connectivity index (χ2v) is 5.90. The van der Waals surface area contributed by atoms with Crippen LogP contribution in [0.3, 0.4) is 0 Å². The minimum Gasteiger partial charge on any atom is -0.508 e. The summed E-state index contributed by atoms with van der Waals surface area (Å²) in [6.45, 7) is 2.75. The van der Waals surface area contributed by atoms with Gasteiger partial charge in [-0.05, 0) is 48.9 Å². The number of anilines is 1. The molecule has 2 N–H and O–H groups in total. The summed E-state index contributed by atoms with van der Waals surface area (Å²) < 4.78 is 5.38. The number of aryl methyl sites for hydroxylation is 1. The molecule has 0 unspecified atom stereocenters. The topological polar surface area (TPSA) is 65.7 Å². The van der Waals surface area contributed by atoms with E-state index in [-0.39, 0.29) is 11.8 Å². The highest BCUT2D eigenvalue weighted by atomic mass is 16.3. The Hall–Kier alpha value is -3.21. The van der Waals surface area contributed by atoms with Crippen molar-refractivity contribution < 1.29 is 14.3 Å². The maximum Gasteiger partial charge on any atom is 0.322 e. The molecule has 2 amide bonds. The Kier molecular flexibility index (Phi) is 5.04. The number of hydrogen-bond acceptors (Lipinski definition) is 3. The molecule has 5 nitrogen and oxygen atoms in total. The van der Waals surface area contributed by atoms with Crippen LogP contribution in [0.2, 0.25) is 0 Å². The number of carbonyl (C=O) groups excluding carboxylic acids is 1. The van der Waals surface area contributed by atoms with Crippen molar-refractivity contribution in [1.29, 1.82) is 0 Å². The van der Waals surface area contributed by atoms with E-state index in [1.807, 2.05) is 37.3 Å². The van der Waals surface area contributed by atoms with Gasteiger partial charge in [-0.15, -0.1) is 0 Å². The lowest BCUT2D eigenvalue weighted by atomic mass is 10.2. The quantitative estimate of drug-likeness (QED) is 0.719. The van der Waals surface area contributed by atoms with Gasteiger partial charge in [-0.3, -0.25) is 0 Å². The van der Waals surface area contributed by atoms with Crippen LogP contribution in [0.1, 0.15) is 16.9 Å². The van der Waals surface area contributed by atoms with E-state index in [0.29, 0.717) is 18.8 Å². The average Bonchev–Trinajstić information content (AvgIpc) is 3.11. The van der Waals surface area contributed by atoms with Gasteiger partial charge in [-0.2, -0.15) is 0 Å². The summed E-state index contributed by atoms with van der Waals surface area (Å²) in [5.41, 5.74) is 2.80. The standard InChI is InChI=1S/C20H20N2O3/c1-15-4-8-17(9-5-15)21-20(24)22(14-19-3-2-12-25-19)13-16-6-10-18(23)11-7-16/h2-12,23H,13-14H2,1H3,(H,21,24). The van der Waals surface area contributed by atoms with E-state index in [0.717, 1.165) is 16.8 Å². The monoisotopic (exact) mass is 336 g/mol. The van der Waals surface area contributed by atoms with Crippen LogP contribution in [0.15, 0.2) is 71.3 Å². The minimum atomic E-state index is -0.215. The summed E-state index contributed by atoms with van der Waals surface area (Å²) in [5.74, 6) is 0.906. The van der Waals surface area contributed by atoms with E-state index < -0.39 is 0 Å². The van der Waals surface area contributed by atoms with Gasteiger partial charge >= 0.3 is 6.03 Å². The van der Waals surface area contributed by atoms with E-state index in [4.69, 9.17) is 4.42 Å². The molecule has 25 heavy (non-hydrogen) atoms. The fraction of sp³-hybridized carbons (Fsp3) is 0.150. The van der Waals surface area contributed by atoms with Crippen molar-refractivity contribution in [2.24, 2.45) is 0 Å². The lowest BCUT2D eigenvalue weighted by Gasteiger charge is -2.22. The normalized spacial score (nSPS) is 10.4. The molecule has 0 bridgehead atoms. The third-order valence-electron chi connectivity index (χ3n) is 3.83. The predicted octanol–water partition coefficient (Wildman–Crippen LogP) is 4.53. The molecule has 0 saturated carbocycles. The molecule has 0 atom stereocenters. The van der Waals surface area contributed by atoms with Gasteiger partial charge in [-0.1, -0.05) is 29.8 Å². The molecule has 128 valence electrons. The zero-order chi connectivity index (χ0) is 17.6. The number of aromatic hydroxyl groups is 1. The van der Waals surface area contributed by atoms with Gasteiger partial charge in [0, 0.05) is 12.2 Å². The van der Waals surface area contributed by atoms with Crippen LogP contribution in [0.25, 0.3) is 0 Å². The van der Waals surface area contributed by atoms with E-state index >= 15 is 0 Å². The first-order valence-corrected chi connectivity index (χ1v) is 8.03. The van der Waals surface area contributed by atoms with E-state index in [1.54, 1.807) is 41.5 Å². The maximum absolute atomic E-state index is 12.7. The second kappa shape index (κ2) is 7.57. The fourth-order valence-electron chi connectivity index (χ4n) is 2.45. The first-order chi connectivity index (χ1) is 12.1. The number of nitrogens with zero attached hydrogens (tertiary/aromatic N) is 1. The molecule has 1 heterocycles. The summed E-state index contributed by atoms with van der Waals surface area (Å²) in [7, 11) is 0. The van der Waals surface area contributed by atoms with Crippen molar-refractivity contribution in [2.75, 3.05) is 5.32 Å². The van der Waals surface area contributed by atoms with Crippen LogP contribution in [0.5, 0.6) is 5.75 Å². The first-order valence-electron chi connectivity index (χ1n) is 8.03. The number of benzene rings is 2. The van der Waals surface area contributed by atoms with E-state index in [1.165, 1.54) is 0 Å². The SMILES string of the molecule is Cc1ccc(NC(=O)N(Cc2ccc(O)cc2)Cc2ccco2)cc1. The molecule has 0 saturated heterocycles. The smallest absolute Gasteiger partial charge is 0.322 e. The van der Waals surface area contributed by atoms with E-state index in [2.05, 4.69) is 5.32 Å². The lowest BCUT2D eigenvalue weighted by Crippen LogP contribution is -2.33. The molecule has 0 radical (unpaired) electrons. The molecule has 0 aliphatic carbocycles. The zero-order valence-electron chi connectivity index (χ0n) is 14.0. The van der Waals surface area contributed by atoms with Gasteiger partial charge in [0.05, 0.1) is 12.8 Å². The van der Waals surface area contributed by atoms with Crippen molar-refractivity contribution in [2.45, 2.75) is 20.0 Å². The Morgan fingerprint density at radius 1 is 1.04 bits per heavy atom. The van der Waals surface area contributed by atoms with Gasteiger partial charge in [-0.25, -0.2) is 4.79 Å². The Balaban J connectivity index is 1.75. The molecule has 0 fully saturated rings. The molecule has 3 rings (SSSR count). The summed E-state index contributed by atoms with van der Waals surface area (Å²) in [5, 5.41) is 12.3. The van der Waals surface area contributed by atoms with Crippen molar-refractivity contribution >= 4 is 11.7 Å². The van der Waals surface area contributed by atoms with Gasteiger partial charge in [0.2, 0.25) is 0 Å². The Morgan fingerprint density at radius 3 is 2.40 bits per heavy atom. The van der Waals surface area contributed by atoms with Crippen LogP contribution in [-0.4, -0.2) is 16.0 Å². The molecular formula is C20H20N2O3. The minimum absolute atomic E-state index is 0.199. The average molecular weight is 336 g/mol. The van der Waals surface area contributed by atoms with Crippen molar-refractivity contribution in [3.05, 3.63) is 83.8 Å². The molecule has 5 heteroatoms. The Morgan fingerprint density at radius 2 is 1.76 bits per heavy atom. The number of rotatable bonds is 5. The van der Waals surface area contributed by atoms with Gasteiger partial charge in [0.25, 0.3) is 0 Å². The van der Waals surface area contributed by atoms with Crippen LogP contribution in [-0.2, 0) is 13.1 Å². The van der Waals surface area contributed by atoms with Crippen molar-refractivity contribution in [3.8, 4) is 5.75 Å². The van der Waals surface area contributed by atoms with Crippen LogP contribution in [0, 0.1) is 6.92 Å². The molecule has 0 aliphatic rings. The number of phenols is 1. The molecule has 1 aromatic heterocycles.